The van der Waals surface area contributed by atoms with Gasteiger partial charge in [0.1, 0.15) is 0 Å². The van der Waals surface area contributed by atoms with Crippen molar-refractivity contribution in [1.29, 1.82) is 0 Å². The van der Waals surface area contributed by atoms with Gasteiger partial charge in [-0.3, -0.25) is 0 Å². The molecular weight excluding hydrogens is 242 g/mol. The van der Waals surface area contributed by atoms with Gasteiger partial charge in [-0.15, -0.1) is 0 Å². The van der Waals surface area contributed by atoms with Crippen LogP contribution in [-0.2, 0) is 5.75 Å². The van der Waals surface area contributed by atoms with E-state index in [9.17, 15) is 5.11 Å². The number of halogens is 1. The molecule has 0 saturated heterocycles. The van der Waals surface area contributed by atoms with E-state index in [0.29, 0.717) is 6.54 Å². The summed E-state index contributed by atoms with van der Waals surface area (Å²) in [5.41, 5.74) is 5.96. The Balaban J connectivity index is 2.23. The lowest BCUT2D eigenvalue weighted by Crippen LogP contribution is -2.34. The monoisotopic (exact) mass is 259 g/mol. The summed E-state index contributed by atoms with van der Waals surface area (Å²) in [5, 5.41) is 10.5. The molecule has 2 nitrogen and oxygen atoms in total. The number of nitrogens with two attached hydrogens (primary N) is 1. The molecule has 0 fully saturated rings. The van der Waals surface area contributed by atoms with Crippen LogP contribution in [0.2, 0.25) is 5.02 Å². The number of thioether (sulfide) groups is 1. The molecule has 1 aromatic rings. The summed E-state index contributed by atoms with van der Waals surface area (Å²) in [6.07, 6.45) is 0.724. The van der Waals surface area contributed by atoms with E-state index in [-0.39, 0.29) is 0 Å². The van der Waals surface area contributed by atoms with Crippen molar-refractivity contribution in [2.45, 2.75) is 24.7 Å². The van der Waals surface area contributed by atoms with E-state index in [2.05, 4.69) is 0 Å². The molecule has 0 aromatic heterocycles. The third kappa shape index (κ3) is 5.21. The van der Waals surface area contributed by atoms with Crippen LogP contribution in [0.5, 0.6) is 0 Å². The van der Waals surface area contributed by atoms with Crippen LogP contribution in [0.25, 0.3) is 0 Å². The number of benzene rings is 1. The van der Waals surface area contributed by atoms with Gasteiger partial charge in [-0.25, -0.2) is 0 Å². The van der Waals surface area contributed by atoms with Crippen molar-refractivity contribution in [3.8, 4) is 0 Å². The highest BCUT2D eigenvalue weighted by atomic mass is 35.5. The van der Waals surface area contributed by atoms with Gasteiger partial charge in [0.25, 0.3) is 0 Å². The van der Waals surface area contributed by atoms with Gasteiger partial charge in [-0.05, 0) is 36.8 Å². The topological polar surface area (TPSA) is 46.2 Å². The molecule has 0 bridgehead atoms. The Bertz CT molecular complexity index is 313. The quantitative estimate of drug-likeness (QED) is 0.772. The van der Waals surface area contributed by atoms with E-state index < -0.39 is 5.60 Å². The van der Waals surface area contributed by atoms with Gasteiger partial charge in [-0.2, -0.15) is 11.8 Å². The van der Waals surface area contributed by atoms with Crippen LogP contribution in [0.1, 0.15) is 18.9 Å². The lowest BCUT2D eigenvalue weighted by atomic mass is 10.1. The molecule has 0 heterocycles. The molecule has 1 aromatic carbocycles. The normalized spacial score (nSPS) is 14.8. The van der Waals surface area contributed by atoms with Gasteiger partial charge in [0.2, 0.25) is 0 Å². The minimum atomic E-state index is -0.729. The predicted molar refractivity (Wildman–Crippen MR) is 71.9 cm³/mol. The molecule has 0 saturated carbocycles. The second kappa shape index (κ2) is 6.50. The average molecular weight is 260 g/mol. The minimum absolute atomic E-state index is 0.314. The molecule has 0 aliphatic rings. The fraction of sp³-hybridized carbons (Fsp3) is 0.500. The second-order valence-corrected chi connectivity index (χ2v) is 5.67. The Kier molecular flexibility index (Phi) is 5.62. The first kappa shape index (κ1) is 13.8. The lowest BCUT2D eigenvalue weighted by Gasteiger charge is -2.20. The second-order valence-electron chi connectivity index (χ2n) is 4.13. The summed E-state index contributed by atoms with van der Waals surface area (Å²) in [6, 6.07) is 7.84. The molecular formula is C12H18ClNOS. The lowest BCUT2D eigenvalue weighted by molar-refractivity contribution is 0.0665. The summed E-state index contributed by atoms with van der Waals surface area (Å²) in [7, 11) is 0. The molecule has 0 aliphatic heterocycles. The highest BCUT2D eigenvalue weighted by molar-refractivity contribution is 7.98. The van der Waals surface area contributed by atoms with Crippen molar-refractivity contribution >= 4 is 23.4 Å². The van der Waals surface area contributed by atoms with Gasteiger partial charge < -0.3 is 10.8 Å². The zero-order chi connectivity index (χ0) is 12.0. The summed E-state index contributed by atoms with van der Waals surface area (Å²) in [5.74, 6) is 1.85. The molecule has 0 radical (unpaired) electrons. The summed E-state index contributed by atoms with van der Waals surface area (Å²) < 4.78 is 0. The summed E-state index contributed by atoms with van der Waals surface area (Å²) in [4.78, 5) is 0. The van der Waals surface area contributed by atoms with Crippen LogP contribution < -0.4 is 5.73 Å². The van der Waals surface area contributed by atoms with Crippen molar-refractivity contribution in [2.75, 3.05) is 12.3 Å². The predicted octanol–water partition coefficient (Wildman–Crippen LogP) is 2.67. The molecule has 0 spiro atoms. The van der Waals surface area contributed by atoms with Crippen molar-refractivity contribution in [3.05, 3.63) is 34.9 Å². The highest BCUT2D eigenvalue weighted by Crippen LogP contribution is 2.18. The number of aliphatic hydroxyl groups is 1. The van der Waals surface area contributed by atoms with Crippen LogP contribution in [0.4, 0.5) is 0 Å². The van der Waals surface area contributed by atoms with Crippen molar-refractivity contribution in [1.82, 2.24) is 0 Å². The molecule has 0 aliphatic carbocycles. The fourth-order valence-electron chi connectivity index (χ4n) is 1.16. The Labute approximate surface area is 106 Å². The third-order valence-corrected chi connectivity index (χ3v) is 3.69. The molecule has 1 atom stereocenters. The third-order valence-electron chi connectivity index (χ3n) is 2.41. The van der Waals surface area contributed by atoms with Gasteiger partial charge in [0.05, 0.1) is 5.60 Å². The molecule has 1 rings (SSSR count). The van der Waals surface area contributed by atoms with Crippen LogP contribution >= 0.6 is 23.4 Å². The van der Waals surface area contributed by atoms with Gasteiger partial charge in [0, 0.05) is 17.3 Å². The Morgan fingerprint density at radius 2 is 2.00 bits per heavy atom. The van der Waals surface area contributed by atoms with E-state index in [4.69, 9.17) is 17.3 Å². The zero-order valence-corrected chi connectivity index (χ0v) is 11.0. The standard InChI is InChI=1S/C12H18ClNOS/c1-12(15,9-14)6-7-16-8-10-2-4-11(13)5-3-10/h2-5,15H,6-9,14H2,1H3. The van der Waals surface area contributed by atoms with E-state index in [1.54, 1.807) is 18.7 Å². The highest BCUT2D eigenvalue weighted by Gasteiger charge is 2.16. The Hall–Kier alpha value is -0.220. The smallest absolute Gasteiger partial charge is 0.0749 e. The molecule has 90 valence electrons. The van der Waals surface area contributed by atoms with Crippen molar-refractivity contribution in [2.24, 2.45) is 5.73 Å². The maximum absolute atomic E-state index is 9.70. The van der Waals surface area contributed by atoms with Crippen molar-refractivity contribution < 1.29 is 5.11 Å². The first-order valence-electron chi connectivity index (χ1n) is 5.28. The summed E-state index contributed by atoms with van der Waals surface area (Å²) in [6.45, 7) is 2.09. The van der Waals surface area contributed by atoms with E-state index in [0.717, 1.165) is 22.9 Å². The minimum Gasteiger partial charge on any atom is -0.389 e. The molecule has 4 heteroatoms. The van der Waals surface area contributed by atoms with E-state index in [1.165, 1.54) is 5.56 Å². The van der Waals surface area contributed by atoms with Gasteiger partial charge in [0.15, 0.2) is 0 Å². The number of hydrogen-bond acceptors (Lipinski definition) is 3. The van der Waals surface area contributed by atoms with Crippen molar-refractivity contribution in [3.63, 3.8) is 0 Å². The first-order valence-corrected chi connectivity index (χ1v) is 6.81. The number of rotatable bonds is 6. The van der Waals surface area contributed by atoms with Crippen LogP contribution in [0, 0.1) is 0 Å². The van der Waals surface area contributed by atoms with Crippen LogP contribution in [0.15, 0.2) is 24.3 Å². The van der Waals surface area contributed by atoms with Crippen LogP contribution in [-0.4, -0.2) is 23.0 Å². The Morgan fingerprint density at radius 1 is 1.38 bits per heavy atom. The van der Waals surface area contributed by atoms with E-state index >= 15 is 0 Å². The SMILES string of the molecule is CC(O)(CN)CCSCc1ccc(Cl)cc1. The Morgan fingerprint density at radius 3 is 2.56 bits per heavy atom. The van der Waals surface area contributed by atoms with Gasteiger partial charge in [-0.1, -0.05) is 23.7 Å². The maximum atomic E-state index is 9.70. The molecule has 3 N–H and O–H groups in total. The molecule has 0 amide bonds. The maximum Gasteiger partial charge on any atom is 0.0749 e. The fourth-order valence-corrected chi connectivity index (χ4v) is 2.45. The van der Waals surface area contributed by atoms with Gasteiger partial charge >= 0.3 is 0 Å². The molecule has 1 unspecified atom stereocenters. The molecule has 16 heavy (non-hydrogen) atoms. The summed E-state index contributed by atoms with van der Waals surface area (Å²) >= 11 is 7.59. The number of hydrogen-bond donors (Lipinski definition) is 2. The average Bonchev–Trinajstić information content (AvgIpc) is 2.27. The van der Waals surface area contributed by atoms with Crippen LogP contribution in [0.3, 0.4) is 0 Å². The zero-order valence-electron chi connectivity index (χ0n) is 9.45. The first-order chi connectivity index (χ1) is 7.53. The van der Waals surface area contributed by atoms with E-state index in [1.807, 2.05) is 24.3 Å². The largest absolute Gasteiger partial charge is 0.389 e.